The molecule has 0 bridgehead atoms. The molecule has 2 aromatic heterocycles. The van der Waals surface area contributed by atoms with Gasteiger partial charge in [0.15, 0.2) is 11.4 Å². The summed E-state index contributed by atoms with van der Waals surface area (Å²) >= 11 is 5.94. The van der Waals surface area contributed by atoms with E-state index in [1.807, 2.05) is 0 Å². The first-order valence-corrected chi connectivity index (χ1v) is 10.5. The lowest BCUT2D eigenvalue weighted by Gasteiger charge is -2.32. The highest BCUT2D eigenvalue weighted by Crippen LogP contribution is 2.38. The van der Waals surface area contributed by atoms with Gasteiger partial charge in [0, 0.05) is 30.1 Å². The molecule has 1 unspecified atom stereocenters. The number of likely N-dealkylation sites (tertiary alicyclic amines) is 1. The molecule has 2 aliphatic rings. The van der Waals surface area contributed by atoms with Gasteiger partial charge in [-0.3, -0.25) is 9.36 Å². The Hall–Kier alpha value is -2.65. The predicted octanol–water partition coefficient (Wildman–Crippen LogP) is 2.72. The number of piperidine rings is 1. The first-order chi connectivity index (χ1) is 14.6. The van der Waals surface area contributed by atoms with E-state index in [9.17, 15) is 9.59 Å². The van der Waals surface area contributed by atoms with E-state index in [4.69, 9.17) is 25.3 Å². The molecule has 1 aliphatic carbocycles. The summed E-state index contributed by atoms with van der Waals surface area (Å²) in [4.78, 5) is 31.1. The summed E-state index contributed by atoms with van der Waals surface area (Å²) in [6.45, 7) is 1.23. The molecule has 3 aromatic rings. The average molecular weight is 433 g/mol. The second-order valence-corrected chi connectivity index (χ2v) is 8.24. The number of hydrogen-bond acceptors (Lipinski definition) is 7. The van der Waals surface area contributed by atoms with E-state index in [1.165, 1.54) is 4.57 Å². The van der Waals surface area contributed by atoms with Gasteiger partial charge in [-0.1, -0.05) is 16.8 Å². The monoisotopic (exact) mass is 432 g/mol. The molecule has 0 radical (unpaired) electrons. The lowest BCUT2D eigenvalue weighted by atomic mass is 10.1. The lowest BCUT2D eigenvalue weighted by Crippen LogP contribution is -2.45. The summed E-state index contributed by atoms with van der Waals surface area (Å²) in [5, 5.41) is 4.45. The fraction of sp³-hybridized carbons (Fsp3) is 0.500. The molecule has 1 atom stereocenters. The van der Waals surface area contributed by atoms with Gasteiger partial charge >= 0.3 is 5.76 Å². The number of fused-ring (bicyclic) bond motifs is 1. The summed E-state index contributed by atoms with van der Waals surface area (Å²) in [6.07, 6.45) is 3.78. The number of carbonyl (C=O) groups excluding carboxylic acids is 1. The van der Waals surface area contributed by atoms with Gasteiger partial charge in [-0.25, -0.2) is 4.79 Å². The Balaban J connectivity index is 1.20. The molecule has 30 heavy (non-hydrogen) atoms. The van der Waals surface area contributed by atoms with Crippen LogP contribution in [0.25, 0.3) is 11.1 Å². The molecule has 9 nitrogen and oxygen atoms in total. The highest BCUT2D eigenvalue weighted by Gasteiger charge is 2.29. The number of rotatable bonds is 6. The van der Waals surface area contributed by atoms with Crippen molar-refractivity contribution in [1.82, 2.24) is 19.6 Å². The Morgan fingerprint density at radius 3 is 3.00 bits per heavy atom. The molecule has 10 heteroatoms. The molecule has 1 saturated heterocycles. The second kappa shape index (κ2) is 7.88. The van der Waals surface area contributed by atoms with Gasteiger partial charge < -0.3 is 18.6 Å². The van der Waals surface area contributed by atoms with E-state index in [0.29, 0.717) is 41.0 Å². The van der Waals surface area contributed by atoms with Crippen molar-refractivity contribution in [1.29, 1.82) is 0 Å². The van der Waals surface area contributed by atoms with Gasteiger partial charge in [0.2, 0.25) is 5.91 Å². The van der Waals surface area contributed by atoms with Crippen molar-refractivity contribution in [2.45, 2.75) is 50.9 Å². The Labute approximate surface area is 176 Å². The van der Waals surface area contributed by atoms with E-state index in [2.05, 4.69) is 10.1 Å². The van der Waals surface area contributed by atoms with Crippen LogP contribution in [0.1, 0.15) is 43.3 Å². The van der Waals surface area contributed by atoms with Crippen molar-refractivity contribution in [3.63, 3.8) is 0 Å². The normalized spacial score (nSPS) is 19.5. The third-order valence-electron chi connectivity index (χ3n) is 5.52. The largest absolute Gasteiger partial charge is 0.420 e. The molecule has 0 spiro atoms. The van der Waals surface area contributed by atoms with Crippen molar-refractivity contribution < 1.29 is 18.5 Å². The summed E-state index contributed by atoms with van der Waals surface area (Å²) < 4.78 is 17.7. The van der Waals surface area contributed by atoms with Gasteiger partial charge in [-0.2, -0.15) is 4.98 Å². The number of amides is 1. The highest BCUT2D eigenvalue weighted by molar-refractivity contribution is 6.31. The van der Waals surface area contributed by atoms with Crippen LogP contribution in [0.5, 0.6) is 0 Å². The topological polar surface area (TPSA) is 104 Å². The third kappa shape index (κ3) is 3.99. The molecule has 1 aromatic carbocycles. The fourth-order valence-corrected chi connectivity index (χ4v) is 3.91. The fourth-order valence-electron chi connectivity index (χ4n) is 3.75. The number of benzene rings is 1. The molecule has 158 valence electrons. The van der Waals surface area contributed by atoms with Gasteiger partial charge in [0.05, 0.1) is 11.6 Å². The van der Waals surface area contributed by atoms with Gasteiger partial charge in [-0.05, 0) is 37.8 Å². The van der Waals surface area contributed by atoms with Crippen molar-refractivity contribution in [3.05, 3.63) is 45.5 Å². The molecule has 3 heterocycles. The zero-order valence-electron chi connectivity index (χ0n) is 16.3. The van der Waals surface area contributed by atoms with E-state index in [0.717, 1.165) is 31.5 Å². The van der Waals surface area contributed by atoms with Crippen molar-refractivity contribution in [2.75, 3.05) is 13.1 Å². The average Bonchev–Trinajstić information content (AvgIpc) is 3.41. The van der Waals surface area contributed by atoms with Crippen LogP contribution in [0.3, 0.4) is 0 Å². The van der Waals surface area contributed by atoms with E-state index < -0.39 is 5.76 Å². The Bertz CT molecular complexity index is 1130. The van der Waals surface area contributed by atoms with E-state index in [-0.39, 0.29) is 25.2 Å². The van der Waals surface area contributed by atoms with Crippen LogP contribution < -0.4 is 5.76 Å². The van der Waals surface area contributed by atoms with E-state index >= 15 is 0 Å². The summed E-state index contributed by atoms with van der Waals surface area (Å²) in [7, 11) is 0. The Morgan fingerprint density at radius 1 is 1.30 bits per heavy atom. The number of aromatic nitrogens is 3. The number of hydrogen-bond donors (Lipinski definition) is 0. The van der Waals surface area contributed by atoms with Crippen molar-refractivity contribution >= 4 is 28.6 Å². The molecule has 0 N–H and O–H groups in total. The van der Waals surface area contributed by atoms with Crippen molar-refractivity contribution in [2.24, 2.45) is 0 Å². The smallest absolute Gasteiger partial charge is 0.408 e. The summed E-state index contributed by atoms with van der Waals surface area (Å²) in [5.74, 6) is 0.928. The minimum Gasteiger partial charge on any atom is -0.408 e. The summed E-state index contributed by atoms with van der Waals surface area (Å²) in [5.41, 5.74) is 0.913. The second-order valence-electron chi connectivity index (χ2n) is 7.80. The number of nitrogens with zero attached hydrogens (tertiary/aromatic N) is 4. The lowest BCUT2D eigenvalue weighted by molar-refractivity contribution is -0.136. The number of halogens is 1. The first kappa shape index (κ1) is 19.3. The zero-order chi connectivity index (χ0) is 20.7. The quantitative estimate of drug-likeness (QED) is 0.589. The molecule has 1 amide bonds. The SMILES string of the molecule is O=C(Cn1c(=O)oc2cc(Cl)ccc21)N1CCCC(OCc2nc(C3CC3)no2)C1. The Morgan fingerprint density at radius 2 is 2.17 bits per heavy atom. The maximum atomic E-state index is 12.8. The number of oxazole rings is 1. The maximum Gasteiger partial charge on any atom is 0.420 e. The van der Waals surface area contributed by atoms with Crippen LogP contribution in [0.4, 0.5) is 0 Å². The molecule has 1 aliphatic heterocycles. The maximum absolute atomic E-state index is 12.8. The van der Waals surface area contributed by atoms with Crippen LogP contribution in [0.15, 0.2) is 31.9 Å². The summed E-state index contributed by atoms with van der Waals surface area (Å²) in [6, 6.07) is 4.91. The van der Waals surface area contributed by atoms with Crippen LogP contribution in [-0.4, -0.2) is 44.7 Å². The van der Waals surface area contributed by atoms with Crippen molar-refractivity contribution in [3.8, 4) is 0 Å². The zero-order valence-corrected chi connectivity index (χ0v) is 17.0. The first-order valence-electron chi connectivity index (χ1n) is 10.1. The standard InChI is InChI=1S/C20H21ClN4O5/c21-13-5-6-15-16(8-13)29-20(27)25(15)10-18(26)24-7-1-2-14(9-24)28-11-17-22-19(23-30-17)12-3-4-12/h5-6,8,12,14H,1-4,7,9-11H2. The van der Waals surface area contributed by atoms with Crippen LogP contribution >= 0.6 is 11.6 Å². The highest BCUT2D eigenvalue weighted by atomic mass is 35.5. The molecule has 1 saturated carbocycles. The van der Waals surface area contributed by atoms with Gasteiger partial charge in [0.25, 0.3) is 5.89 Å². The van der Waals surface area contributed by atoms with Gasteiger partial charge in [-0.15, -0.1) is 0 Å². The Kier molecular flexibility index (Phi) is 5.08. The van der Waals surface area contributed by atoms with Crippen LogP contribution in [0.2, 0.25) is 5.02 Å². The minimum atomic E-state index is -0.576. The minimum absolute atomic E-state index is 0.0887. The van der Waals surface area contributed by atoms with Crippen LogP contribution in [0, 0.1) is 0 Å². The molecule has 5 rings (SSSR count). The molecule has 2 fully saturated rings. The molecular weight excluding hydrogens is 412 g/mol. The van der Waals surface area contributed by atoms with Gasteiger partial charge in [0.1, 0.15) is 13.2 Å². The predicted molar refractivity (Wildman–Crippen MR) is 106 cm³/mol. The number of carbonyl (C=O) groups is 1. The third-order valence-corrected chi connectivity index (χ3v) is 5.76. The van der Waals surface area contributed by atoms with Crippen LogP contribution in [-0.2, 0) is 22.7 Å². The van der Waals surface area contributed by atoms with E-state index in [1.54, 1.807) is 23.1 Å². The number of ether oxygens (including phenoxy) is 1. The molecular formula is C20H21ClN4O5.